The van der Waals surface area contributed by atoms with Crippen LogP contribution in [0.3, 0.4) is 0 Å². The maximum Gasteiger partial charge on any atom is 0.255 e. The maximum absolute atomic E-state index is 13.0. The second-order valence-corrected chi connectivity index (χ2v) is 10.2. The van der Waals surface area contributed by atoms with Crippen LogP contribution in [-0.4, -0.2) is 52.8 Å². The van der Waals surface area contributed by atoms with E-state index in [2.05, 4.69) is 44.0 Å². The molecule has 1 N–H and O–H groups in total. The molecule has 2 aliphatic rings. The number of pyridine rings is 2. The molecule has 2 aromatic heterocycles. The molecule has 194 valence electrons. The van der Waals surface area contributed by atoms with Gasteiger partial charge >= 0.3 is 0 Å². The minimum absolute atomic E-state index is 0.157. The number of allylic oxidation sites excluding steroid dienone is 3. The molecule has 0 radical (unpaired) electrons. The van der Waals surface area contributed by atoms with Crippen molar-refractivity contribution in [1.29, 1.82) is 10.5 Å². The summed E-state index contributed by atoms with van der Waals surface area (Å²) in [4.78, 5) is 28.0. The van der Waals surface area contributed by atoms with E-state index in [1.165, 1.54) is 6.20 Å². The van der Waals surface area contributed by atoms with Crippen LogP contribution in [0, 0.1) is 29.6 Å². The van der Waals surface area contributed by atoms with Gasteiger partial charge in [0.25, 0.3) is 5.91 Å². The number of nitrogens with zero attached hydrogens (tertiary/aromatic N) is 6. The third-order valence-electron chi connectivity index (χ3n) is 6.93. The number of ether oxygens (including phenoxy) is 1. The number of fused-ring (bicyclic) bond motifs is 2. The highest BCUT2D eigenvalue weighted by Gasteiger charge is 2.35. The Morgan fingerprint density at radius 2 is 1.97 bits per heavy atom. The summed E-state index contributed by atoms with van der Waals surface area (Å²) in [6.07, 6.45) is 7.25. The number of hydrogen-bond acceptors (Lipinski definition) is 8. The number of nitriles is 2. The maximum atomic E-state index is 13.0. The quantitative estimate of drug-likeness (QED) is 0.330. The van der Waals surface area contributed by atoms with Crippen LogP contribution in [-0.2, 0) is 10.2 Å². The van der Waals surface area contributed by atoms with Crippen molar-refractivity contribution in [2.75, 3.05) is 18.4 Å². The fourth-order valence-electron chi connectivity index (χ4n) is 4.76. The van der Waals surface area contributed by atoms with Crippen LogP contribution in [0.1, 0.15) is 60.9 Å². The number of aryl methyl sites for hydroxylation is 1. The van der Waals surface area contributed by atoms with Crippen molar-refractivity contribution < 1.29 is 9.53 Å². The Bertz CT molecular complexity index is 1400. The number of nitrogens with one attached hydrogen (secondary N) is 1. The van der Waals surface area contributed by atoms with Crippen molar-refractivity contribution in [3.63, 3.8) is 0 Å². The van der Waals surface area contributed by atoms with Crippen LogP contribution in [0.4, 0.5) is 5.69 Å². The number of carbonyl (C=O) groups excluding carboxylic acids is 1. The monoisotopic (exact) mass is 509 g/mol. The van der Waals surface area contributed by atoms with Crippen LogP contribution < -0.4 is 5.32 Å². The molecule has 4 rings (SSSR count). The number of hydrogen-bond donors (Lipinski definition) is 1. The molecule has 2 atom stereocenters. The Balaban J connectivity index is 1.59. The van der Waals surface area contributed by atoms with Gasteiger partial charge in [-0.05, 0) is 77.1 Å². The molecule has 38 heavy (non-hydrogen) atoms. The molecule has 2 fully saturated rings. The van der Waals surface area contributed by atoms with Crippen molar-refractivity contribution >= 4 is 23.9 Å². The van der Waals surface area contributed by atoms with E-state index in [9.17, 15) is 15.3 Å². The number of anilines is 1. The number of aliphatic imine (C=N–C) groups is 1. The Morgan fingerprint density at radius 1 is 1.26 bits per heavy atom. The van der Waals surface area contributed by atoms with Crippen LogP contribution in [0.5, 0.6) is 0 Å². The van der Waals surface area contributed by atoms with Crippen LogP contribution in [0.25, 0.3) is 5.57 Å². The van der Waals surface area contributed by atoms with Gasteiger partial charge in [0.15, 0.2) is 0 Å². The van der Waals surface area contributed by atoms with E-state index >= 15 is 0 Å². The highest BCUT2D eigenvalue weighted by Crippen LogP contribution is 2.31. The van der Waals surface area contributed by atoms with E-state index < -0.39 is 5.41 Å². The average Bonchev–Trinajstić information content (AvgIpc) is 3.26. The number of rotatable bonds is 7. The van der Waals surface area contributed by atoms with E-state index in [1.54, 1.807) is 38.3 Å². The second kappa shape index (κ2) is 11.0. The molecule has 2 saturated heterocycles. The summed E-state index contributed by atoms with van der Waals surface area (Å²) in [6.45, 7) is 12.4. The smallest absolute Gasteiger partial charge is 0.255 e. The first kappa shape index (κ1) is 26.7. The first-order chi connectivity index (χ1) is 18.1. The molecule has 0 unspecified atom stereocenters. The molecule has 1 amide bonds. The zero-order chi connectivity index (χ0) is 27.4. The summed E-state index contributed by atoms with van der Waals surface area (Å²) in [6, 6.07) is 9.54. The fourth-order valence-corrected chi connectivity index (χ4v) is 4.76. The van der Waals surface area contributed by atoms with Gasteiger partial charge in [-0.1, -0.05) is 0 Å². The van der Waals surface area contributed by atoms with Crippen molar-refractivity contribution in [2.45, 2.75) is 58.2 Å². The highest BCUT2D eigenvalue weighted by atomic mass is 16.5. The van der Waals surface area contributed by atoms with Gasteiger partial charge < -0.3 is 15.0 Å². The van der Waals surface area contributed by atoms with Gasteiger partial charge in [0, 0.05) is 36.1 Å². The summed E-state index contributed by atoms with van der Waals surface area (Å²) < 4.78 is 5.92. The van der Waals surface area contributed by atoms with E-state index in [0.29, 0.717) is 41.4 Å². The summed E-state index contributed by atoms with van der Waals surface area (Å²) in [7, 11) is 0. The highest BCUT2D eigenvalue weighted by molar-refractivity contribution is 6.04. The first-order valence-electron chi connectivity index (χ1n) is 12.5. The zero-order valence-corrected chi connectivity index (χ0v) is 22.2. The standard InChI is InChI=1S/C29H31N7O2/c1-18(10-21(13-30)27(32-5)36-15-23-6-7-24(16-36)38-23)25-12-22(14-34-19(25)2)35-28(37)20-8-9-33-26(11-20)29(3,4)17-31/h8-12,14,23-24H,5-7,15-16H2,1-4H3,(H,35,37)/b18-10+,27-21-/t23-,24+. The Morgan fingerprint density at radius 3 is 2.61 bits per heavy atom. The first-order valence-corrected chi connectivity index (χ1v) is 12.5. The van der Waals surface area contributed by atoms with Gasteiger partial charge in [-0.3, -0.25) is 14.8 Å². The van der Waals surface area contributed by atoms with Gasteiger partial charge in [0.05, 0.1) is 46.8 Å². The van der Waals surface area contributed by atoms with Gasteiger partial charge in [-0.15, -0.1) is 0 Å². The molecule has 2 aromatic rings. The average molecular weight is 510 g/mol. The number of aromatic nitrogens is 2. The van der Waals surface area contributed by atoms with E-state index in [-0.39, 0.29) is 18.1 Å². The van der Waals surface area contributed by atoms with Gasteiger partial charge in [0.1, 0.15) is 11.9 Å². The van der Waals surface area contributed by atoms with Crippen LogP contribution in [0.15, 0.2) is 53.1 Å². The number of likely N-dealkylation sites (tertiary alicyclic amines) is 1. The lowest BCUT2D eigenvalue weighted by atomic mass is 9.90. The van der Waals surface area contributed by atoms with Gasteiger partial charge in [-0.25, -0.2) is 4.99 Å². The fraction of sp³-hybridized carbons (Fsp3) is 0.379. The molecular formula is C29H31N7O2. The van der Waals surface area contributed by atoms with Gasteiger partial charge in [0.2, 0.25) is 0 Å². The zero-order valence-electron chi connectivity index (χ0n) is 22.2. The predicted octanol–water partition coefficient (Wildman–Crippen LogP) is 4.54. The molecule has 0 spiro atoms. The predicted molar refractivity (Wildman–Crippen MR) is 145 cm³/mol. The normalized spacial score (nSPS) is 19.7. The van der Waals surface area contributed by atoms with E-state index in [4.69, 9.17) is 4.74 Å². The van der Waals surface area contributed by atoms with Crippen molar-refractivity contribution in [3.05, 3.63) is 70.6 Å². The lowest BCUT2D eigenvalue weighted by Gasteiger charge is -2.34. The topological polar surface area (TPSA) is 127 Å². The summed E-state index contributed by atoms with van der Waals surface area (Å²) in [5.74, 6) is 0.217. The molecule has 0 aromatic carbocycles. The lowest BCUT2D eigenvalue weighted by molar-refractivity contribution is -0.0271. The molecule has 4 heterocycles. The molecular weight excluding hydrogens is 478 g/mol. The molecule has 2 bridgehead atoms. The minimum atomic E-state index is -0.817. The summed E-state index contributed by atoms with van der Waals surface area (Å²) in [5.41, 5.74) is 3.38. The van der Waals surface area contributed by atoms with Gasteiger partial charge in [-0.2, -0.15) is 10.5 Å². The molecule has 0 saturated carbocycles. The molecule has 2 aliphatic heterocycles. The van der Waals surface area contributed by atoms with E-state index in [0.717, 1.165) is 29.7 Å². The molecule has 9 nitrogen and oxygen atoms in total. The number of amides is 1. The van der Waals surface area contributed by atoms with Crippen LogP contribution >= 0.6 is 0 Å². The van der Waals surface area contributed by atoms with Crippen LogP contribution in [0.2, 0.25) is 0 Å². The number of carbonyl (C=O) groups is 1. The molecule has 0 aliphatic carbocycles. The van der Waals surface area contributed by atoms with E-state index in [1.807, 2.05) is 19.9 Å². The van der Waals surface area contributed by atoms with Crippen molar-refractivity contribution in [3.8, 4) is 12.1 Å². The minimum Gasteiger partial charge on any atom is -0.371 e. The number of morpholine rings is 1. The SMILES string of the molecule is C=N/C(=C(C#N)\C=C(/C)c1cc(NC(=O)c2ccnc(C(C)(C)C#N)c2)cnc1C)N1C[C@H]2CC[C@@H](C1)O2. The summed E-state index contributed by atoms with van der Waals surface area (Å²) >= 11 is 0. The second-order valence-electron chi connectivity index (χ2n) is 10.2. The Kier molecular flexibility index (Phi) is 7.70. The molecule has 9 heteroatoms. The third kappa shape index (κ3) is 5.64. The van der Waals surface area contributed by atoms with Crippen molar-refractivity contribution in [2.24, 2.45) is 4.99 Å². The Hall–Kier alpha value is -4.34. The lowest BCUT2D eigenvalue weighted by Crippen LogP contribution is -2.41. The van der Waals surface area contributed by atoms with Crippen molar-refractivity contribution in [1.82, 2.24) is 14.9 Å². The Labute approximate surface area is 223 Å². The third-order valence-corrected chi connectivity index (χ3v) is 6.93. The largest absolute Gasteiger partial charge is 0.371 e. The summed E-state index contributed by atoms with van der Waals surface area (Å²) in [5, 5.41) is 22.3.